The van der Waals surface area contributed by atoms with Gasteiger partial charge < -0.3 is 26.0 Å². The third-order valence-electron chi connectivity index (χ3n) is 4.56. The van der Waals surface area contributed by atoms with Crippen LogP contribution in [0.1, 0.15) is 11.1 Å². The molecule has 3 rings (SSSR count). The van der Waals surface area contributed by atoms with Crippen molar-refractivity contribution in [3.05, 3.63) is 70.1 Å². The number of nitrogen functional groups attached to an aromatic ring is 1. The highest BCUT2D eigenvalue weighted by Crippen LogP contribution is 2.26. The number of nitrogens with zero attached hydrogens (tertiary/aromatic N) is 2. The number of benzene rings is 2. The Balaban J connectivity index is 1.87. The molecular formula is C21H25N5O2. The third-order valence-corrected chi connectivity index (χ3v) is 4.56. The fraction of sp³-hybridized carbons (Fsp3) is 0.238. The van der Waals surface area contributed by atoms with Crippen molar-refractivity contribution in [1.29, 1.82) is 0 Å². The number of aromatic nitrogens is 2. The predicted octanol–water partition coefficient (Wildman–Crippen LogP) is 2.16. The number of nitrogens with two attached hydrogens (primary N) is 1. The van der Waals surface area contributed by atoms with Crippen LogP contribution in [0.2, 0.25) is 0 Å². The molecule has 0 saturated carbocycles. The van der Waals surface area contributed by atoms with Crippen molar-refractivity contribution in [1.82, 2.24) is 14.9 Å². The van der Waals surface area contributed by atoms with Gasteiger partial charge in [-0.3, -0.25) is 4.79 Å². The van der Waals surface area contributed by atoms with Gasteiger partial charge in [0.1, 0.15) is 0 Å². The first-order chi connectivity index (χ1) is 13.5. The molecule has 1 aromatic heterocycles. The highest BCUT2D eigenvalue weighted by molar-refractivity contribution is 5.71. The molecule has 0 spiro atoms. The first-order valence-corrected chi connectivity index (χ1v) is 9.10. The van der Waals surface area contributed by atoms with E-state index in [-0.39, 0.29) is 18.0 Å². The fourth-order valence-electron chi connectivity index (χ4n) is 2.90. The van der Waals surface area contributed by atoms with Gasteiger partial charge in [-0.05, 0) is 36.2 Å². The van der Waals surface area contributed by atoms with Crippen molar-refractivity contribution in [3.63, 3.8) is 0 Å². The summed E-state index contributed by atoms with van der Waals surface area (Å²) in [6.07, 6.45) is 1.71. The smallest absolute Gasteiger partial charge is 0.293 e. The summed E-state index contributed by atoms with van der Waals surface area (Å²) in [7, 11) is 1.70. The van der Waals surface area contributed by atoms with Gasteiger partial charge in [-0.25, -0.2) is 4.98 Å². The highest BCUT2D eigenvalue weighted by Gasteiger charge is 2.11. The average Bonchev–Trinajstić information content (AvgIpc) is 2.69. The minimum absolute atomic E-state index is 0.109. The van der Waals surface area contributed by atoms with Crippen LogP contribution in [0.4, 0.5) is 17.2 Å². The summed E-state index contributed by atoms with van der Waals surface area (Å²) in [4.78, 5) is 17.1. The van der Waals surface area contributed by atoms with E-state index in [2.05, 4.69) is 15.6 Å². The Hall–Kier alpha value is -3.16. The summed E-state index contributed by atoms with van der Waals surface area (Å²) in [5.41, 5.74) is 10.9. The summed E-state index contributed by atoms with van der Waals surface area (Å²) in [6.45, 7) is 3.27. The largest absolute Gasteiger partial charge is 0.398 e. The Morgan fingerprint density at radius 3 is 2.64 bits per heavy atom. The van der Waals surface area contributed by atoms with E-state index < -0.39 is 0 Å². The highest BCUT2D eigenvalue weighted by atomic mass is 16.3. The maximum absolute atomic E-state index is 12.5. The van der Waals surface area contributed by atoms with Crippen LogP contribution in [-0.2, 0) is 13.6 Å². The second-order valence-corrected chi connectivity index (χ2v) is 6.63. The van der Waals surface area contributed by atoms with Gasteiger partial charge in [0.15, 0.2) is 5.82 Å². The van der Waals surface area contributed by atoms with E-state index in [0.717, 1.165) is 22.4 Å². The van der Waals surface area contributed by atoms with Gasteiger partial charge in [-0.15, -0.1) is 0 Å². The molecule has 0 radical (unpaired) electrons. The van der Waals surface area contributed by atoms with E-state index in [1.54, 1.807) is 13.2 Å². The van der Waals surface area contributed by atoms with Crippen LogP contribution < -0.4 is 21.9 Å². The molecule has 1 heterocycles. The van der Waals surface area contributed by atoms with Gasteiger partial charge in [0, 0.05) is 43.3 Å². The summed E-state index contributed by atoms with van der Waals surface area (Å²) in [5, 5.41) is 15.1. The fourth-order valence-corrected chi connectivity index (χ4v) is 2.90. The van der Waals surface area contributed by atoms with E-state index in [1.807, 2.05) is 49.4 Å². The lowest BCUT2D eigenvalue weighted by molar-refractivity contribution is 0.292. The van der Waals surface area contributed by atoms with Gasteiger partial charge in [0.25, 0.3) is 5.56 Å². The molecule has 7 nitrogen and oxygen atoms in total. The number of nitrogens with one attached hydrogen (secondary N) is 2. The van der Waals surface area contributed by atoms with Gasteiger partial charge >= 0.3 is 0 Å². The van der Waals surface area contributed by atoms with Crippen LogP contribution in [-0.4, -0.2) is 27.8 Å². The molecule has 0 aliphatic heterocycles. The normalized spacial score (nSPS) is 10.8. The van der Waals surface area contributed by atoms with Crippen molar-refractivity contribution in [2.75, 3.05) is 24.2 Å². The van der Waals surface area contributed by atoms with Crippen LogP contribution in [0.3, 0.4) is 0 Å². The second kappa shape index (κ2) is 8.69. The predicted molar refractivity (Wildman–Crippen MR) is 113 cm³/mol. The molecule has 0 amide bonds. The quantitative estimate of drug-likeness (QED) is 0.370. The zero-order valence-corrected chi connectivity index (χ0v) is 16.1. The molecule has 0 unspecified atom stereocenters. The van der Waals surface area contributed by atoms with Gasteiger partial charge in [0.05, 0.1) is 12.3 Å². The molecule has 0 fully saturated rings. The molecule has 0 aliphatic carbocycles. The molecular weight excluding hydrogens is 354 g/mol. The first-order valence-electron chi connectivity index (χ1n) is 9.10. The Kier molecular flexibility index (Phi) is 6.08. The molecule has 3 aromatic rings. The maximum Gasteiger partial charge on any atom is 0.293 e. The van der Waals surface area contributed by atoms with E-state index in [4.69, 9.17) is 10.8 Å². The molecule has 7 heteroatoms. The van der Waals surface area contributed by atoms with Crippen LogP contribution in [0, 0.1) is 6.92 Å². The minimum atomic E-state index is -0.209. The van der Waals surface area contributed by atoms with Crippen LogP contribution in [0.5, 0.6) is 0 Å². The Morgan fingerprint density at radius 1 is 1.18 bits per heavy atom. The summed E-state index contributed by atoms with van der Waals surface area (Å²) >= 11 is 0. The standard InChI is InChI=1S/C21H25N5O2/c1-14-17(4-3-5-18(14)22)19-13-26(2)21(28)20(25-19)24-16-8-6-15(7-9-16)12-23-10-11-27/h3-9,13,23,27H,10-12,22H2,1-2H3,(H,24,25). The van der Waals surface area contributed by atoms with Crippen molar-refractivity contribution < 1.29 is 5.11 Å². The number of hydrogen-bond acceptors (Lipinski definition) is 6. The van der Waals surface area contributed by atoms with Crippen molar-refractivity contribution in [2.45, 2.75) is 13.5 Å². The van der Waals surface area contributed by atoms with Crippen LogP contribution >= 0.6 is 0 Å². The SMILES string of the molecule is Cc1c(N)cccc1-c1cn(C)c(=O)c(Nc2ccc(CNCCO)cc2)n1. The average molecular weight is 379 g/mol. The zero-order chi connectivity index (χ0) is 20.1. The first kappa shape index (κ1) is 19.6. The van der Waals surface area contributed by atoms with Gasteiger partial charge in [0.2, 0.25) is 0 Å². The van der Waals surface area contributed by atoms with Crippen molar-refractivity contribution in [3.8, 4) is 11.3 Å². The van der Waals surface area contributed by atoms with Crippen molar-refractivity contribution >= 4 is 17.2 Å². The molecule has 0 bridgehead atoms. The number of hydrogen-bond donors (Lipinski definition) is 4. The Bertz CT molecular complexity index is 1010. The molecule has 0 saturated heterocycles. The van der Waals surface area contributed by atoms with E-state index >= 15 is 0 Å². The number of aryl methyl sites for hydroxylation is 1. The van der Waals surface area contributed by atoms with E-state index in [9.17, 15) is 4.79 Å². The lowest BCUT2D eigenvalue weighted by Gasteiger charge is -2.12. The van der Waals surface area contributed by atoms with Gasteiger partial charge in [-0.2, -0.15) is 0 Å². The van der Waals surface area contributed by atoms with Gasteiger partial charge in [-0.1, -0.05) is 24.3 Å². The maximum atomic E-state index is 12.5. The molecule has 28 heavy (non-hydrogen) atoms. The Labute approximate surface area is 163 Å². The number of aliphatic hydroxyl groups is 1. The molecule has 5 N–H and O–H groups in total. The number of aliphatic hydroxyl groups excluding tert-OH is 1. The third kappa shape index (κ3) is 4.39. The monoisotopic (exact) mass is 379 g/mol. The molecule has 0 aliphatic rings. The summed E-state index contributed by atoms with van der Waals surface area (Å²) in [5.74, 6) is 0.257. The topological polar surface area (TPSA) is 105 Å². The van der Waals surface area contributed by atoms with Crippen LogP contribution in [0.15, 0.2) is 53.5 Å². The molecule has 146 valence electrons. The summed E-state index contributed by atoms with van der Waals surface area (Å²) < 4.78 is 1.51. The molecule has 2 aromatic carbocycles. The van der Waals surface area contributed by atoms with E-state index in [0.29, 0.717) is 24.5 Å². The number of anilines is 3. The van der Waals surface area contributed by atoms with Crippen LogP contribution in [0.25, 0.3) is 11.3 Å². The lowest BCUT2D eigenvalue weighted by atomic mass is 10.0. The molecule has 0 atom stereocenters. The Morgan fingerprint density at radius 2 is 1.93 bits per heavy atom. The number of rotatable bonds is 7. The van der Waals surface area contributed by atoms with Crippen molar-refractivity contribution in [2.24, 2.45) is 7.05 Å². The lowest BCUT2D eigenvalue weighted by Crippen LogP contribution is -2.21. The summed E-state index contributed by atoms with van der Waals surface area (Å²) in [6, 6.07) is 13.4. The second-order valence-electron chi connectivity index (χ2n) is 6.63. The van der Waals surface area contributed by atoms with E-state index in [1.165, 1.54) is 4.57 Å². The zero-order valence-electron chi connectivity index (χ0n) is 16.1. The minimum Gasteiger partial charge on any atom is -0.398 e.